The maximum Gasteiger partial charge on any atom is 0.213 e. The van der Waals surface area contributed by atoms with Crippen molar-refractivity contribution in [3.8, 4) is 0 Å². The van der Waals surface area contributed by atoms with Crippen LogP contribution in [0.15, 0.2) is 0 Å². The van der Waals surface area contributed by atoms with Crippen LogP contribution < -0.4 is 10.5 Å². The lowest BCUT2D eigenvalue weighted by molar-refractivity contribution is -0.00354. The highest BCUT2D eigenvalue weighted by Crippen LogP contribution is 2.13. The highest BCUT2D eigenvalue weighted by molar-refractivity contribution is 7.89. The first-order valence-corrected chi connectivity index (χ1v) is 6.38. The molecule has 0 aromatic heterocycles. The third-order valence-corrected chi connectivity index (χ3v) is 3.49. The van der Waals surface area contributed by atoms with Crippen molar-refractivity contribution in [3.05, 3.63) is 0 Å². The van der Waals surface area contributed by atoms with Crippen LogP contribution in [0.2, 0.25) is 0 Å². The zero-order chi connectivity index (χ0) is 10.8. The van der Waals surface area contributed by atoms with E-state index in [-0.39, 0.29) is 12.2 Å². The highest BCUT2D eigenvalue weighted by Gasteiger charge is 2.29. The van der Waals surface area contributed by atoms with Crippen molar-refractivity contribution in [1.82, 2.24) is 5.32 Å². The summed E-state index contributed by atoms with van der Waals surface area (Å²) in [5.74, 6) is 0. The van der Waals surface area contributed by atoms with E-state index in [1.807, 2.05) is 13.8 Å². The Morgan fingerprint density at radius 1 is 1.43 bits per heavy atom. The van der Waals surface area contributed by atoms with Crippen molar-refractivity contribution in [2.75, 3.05) is 13.1 Å². The number of nitrogens with two attached hydrogens (primary N) is 1. The Balaban J connectivity index is 2.52. The van der Waals surface area contributed by atoms with Crippen LogP contribution in [0.5, 0.6) is 0 Å². The summed E-state index contributed by atoms with van der Waals surface area (Å²) in [4.78, 5) is 0. The molecule has 0 spiro atoms. The Kier molecular flexibility index (Phi) is 3.88. The van der Waals surface area contributed by atoms with Gasteiger partial charge in [-0.15, -0.1) is 0 Å². The van der Waals surface area contributed by atoms with Crippen LogP contribution in [0.25, 0.3) is 0 Å². The Hall–Kier alpha value is -0.170. The van der Waals surface area contributed by atoms with Gasteiger partial charge in [-0.1, -0.05) is 0 Å². The fourth-order valence-corrected chi connectivity index (χ4v) is 2.44. The molecule has 1 saturated heterocycles. The first-order chi connectivity index (χ1) is 6.39. The molecule has 2 atom stereocenters. The van der Waals surface area contributed by atoms with Gasteiger partial charge in [0.05, 0.1) is 17.5 Å². The number of nitrogens with one attached hydrogen (secondary N) is 1. The first-order valence-electron chi connectivity index (χ1n) is 4.77. The van der Waals surface area contributed by atoms with Gasteiger partial charge in [0, 0.05) is 13.1 Å². The summed E-state index contributed by atoms with van der Waals surface area (Å²) in [5, 5.41) is 7.58. The van der Waals surface area contributed by atoms with Crippen molar-refractivity contribution < 1.29 is 13.2 Å². The van der Waals surface area contributed by atoms with Gasteiger partial charge in [0.2, 0.25) is 10.0 Å². The fraction of sp³-hybridized carbons (Fsp3) is 1.00. The van der Waals surface area contributed by atoms with E-state index in [1.165, 1.54) is 0 Å². The van der Waals surface area contributed by atoms with E-state index >= 15 is 0 Å². The SMILES string of the molecule is CC(C)OC1CNCC(S(N)(=O)=O)C1. The molecule has 1 aliphatic heterocycles. The molecule has 1 rings (SSSR count). The fourth-order valence-electron chi connectivity index (χ4n) is 1.60. The number of piperidine rings is 1. The Labute approximate surface area is 85.1 Å². The van der Waals surface area contributed by atoms with Gasteiger partial charge in [-0.05, 0) is 20.3 Å². The molecule has 3 N–H and O–H groups in total. The molecule has 1 fully saturated rings. The van der Waals surface area contributed by atoms with Crippen molar-refractivity contribution in [3.63, 3.8) is 0 Å². The minimum Gasteiger partial charge on any atom is -0.374 e. The zero-order valence-corrected chi connectivity index (χ0v) is 9.38. The van der Waals surface area contributed by atoms with Gasteiger partial charge < -0.3 is 10.1 Å². The summed E-state index contributed by atoms with van der Waals surface area (Å²) in [6, 6.07) is 0. The van der Waals surface area contributed by atoms with E-state index < -0.39 is 15.3 Å². The average molecular weight is 222 g/mol. The lowest BCUT2D eigenvalue weighted by Gasteiger charge is -2.29. The van der Waals surface area contributed by atoms with Gasteiger partial charge in [-0.2, -0.15) is 0 Å². The molecular formula is C8H18N2O3S. The van der Waals surface area contributed by atoms with E-state index in [2.05, 4.69) is 5.32 Å². The second kappa shape index (κ2) is 4.57. The van der Waals surface area contributed by atoms with Crippen molar-refractivity contribution in [2.45, 2.75) is 37.7 Å². The summed E-state index contributed by atoms with van der Waals surface area (Å²) in [7, 11) is -3.44. The first kappa shape index (κ1) is 11.9. The third-order valence-electron chi connectivity index (χ3n) is 2.20. The summed E-state index contributed by atoms with van der Waals surface area (Å²) in [6.45, 7) is 4.99. The van der Waals surface area contributed by atoms with Gasteiger partial charge >= 0.3 is 0 Å². The molecular weight excluding hydrogens is 204 g/mol. The largest absolute Gasteiger partial charge is 0.374 e. The van der Waals surface area contributed by atoms with Gasteiger partial charge in [0.1, 0.15) is 0 Å². The normalized spacial score (nSPS) is 29.4. The Bertz CT molecular complexity index is 276. The van der Waals surface area contributed by atoms with Crippen LogP contribution >= 0.6 is 0 Å². The lowest BCUT2D eigenvalue weighted by atomic mass is 10.1. The van der Waals surface area contributed by atoms with Crippen LogP contribution in [0.3, 0.4) is 0 Å². The summed E-state index contributed by atoms with van der Waals surface area (Å²) in [6.07, 6.45) is 0.553. The number of hydrogen-bond donors (Lipinski definition) is 2. The van der Waals surface area contributed by atoms with E-state index in [0.717, 1.165) is 0 Å². The second-order valence-electron chi connectivity index (χ2n) is 3.91. The highest BCUT2D eigenvalue weighted by atomic mass is 32.2. The van der Waals surface area contributed by atoms with E-state index in [9.17, 15) is 8.42 Å². The number of primary sulfonamides is 1. The molecule has 0 radical (unpaired) electrons. The molecule has 1 heterocycles. The molecule has 0 aromatic carbocycles. The van der Waals surface area contributed by atoms with Crippen LogP contribution in [0.4, 0.5) is 0 Å². The Morgan fingerprint density at radius 2 is 2.07 bits per heavy atom. The van der Waals surface area contributed by atoms with Crippen molar-refractivity contribution in [2.24, 2.45) is 5.14 Å². The quantitative estimate of drug-likeness (QED) is 0.670. The monoisotopic (exact) mass is 222 g/mol. The van der Waals surface area contributed by atoms with E-state index in [0.29, 0.717) is 19.5 Å². The smallest absolute Gasteiger partial charge is 0.213 e. The molecule has 0 bridgehead atoms. The Morgan fingerprint density at radius 3 is 2.57 bits per heavy atom. The minimum absolute atomic E-state index is 0.0490. The molecule has 0 aromatic rings. The molecule has 6 heteroatoms. The zero-order valence-electron chi connectivity index (χ0n) is 8.56. The molecule has 84 valence electrons. The van der Waals surface area contributed by atoms with Crippen molar-refractivity contribution in [1.29, 1.82) is 0 Å². The van der Waals surface area contributed by atoms with Crippen LogP contribution in [0.1, 0.15) is 20.3 Å². The van der Waals surface area contributed by atoms with Gasteiger partial charge in [-0.3, -0.25) is 0 Å². The topological polar surface area (TPSA) is 81.4 Å². The number of rotatable bonds is 3. The molecule has 1 aliphatic rings. The van der Waals surface area contributed by atoms with E-state index in [4.69, 9.17) is 9.88 Å². The molecule has 0 amide bonds. The molecule has 0 saturated carbocycles. The average Bonchev–Trinajstić information content (AvgIpc) is 2.01. The summed E-state index contributed by atoms with van der Waals surface area (Å²) < 4.78 is 27.7. The number of sulfonamides is 1. The maximum atomic E-state index is 11.1. The summed E-state index contributed by atoms with van der Waals surface area (Å²) >= 11 is 0. The molecule has 2 unspecified atom stereocenters. The standard InChI is InChI=1S/C8H18N2O3S/c1-6(2)13-7-3-8(5-10-4-7)14(9,11)12/h6-8,10H,3-5H2,1-2H3,(H2,9,11,12). The molecule has 14 heavy (non-hydrogen) atoms. The summed E-state index contributed by atoms with van der Waals surface area (Å²) in [5.41, 5.74) is 0. The van der Waals surface area contributed by atoms with Gasteiger partial charge in [0.15, 0.2) is 0 Å². The third kappa shape index (κ3) is 3.53. The van der Waals surface area contributed by atoms with Gasteiger partial charge in [0.25, 0.3) is 0 Å². The van der Waals surface area contributed by atoms with Crippen molar-refractivity contribution >= 4 is 10.0 Å². The second-order valence-corrected chi connectivity index (χ2v) is 5.76. The predicted molar refractivity (Wildman–Crippen MR) is 54.4 cm³/mol. The molecule has 5 nitrogen and oxygen atoms in total. The number of hydrogen-bond acceptors (Lipinski definition) is 4. The lowest BCUT2D eigenvalue weighted by Crippen LogP contribution is -2.49. The maximum absolute atomic E-state index is 11.1. The predicted octanol–water partition coefficient (Wildman–Crippen LogP) is -0.570. The van der Waals surface area contributed by atoms with Crippen LogP contribution in [0, 0.1) is 0 Å². The minimum atomic E-state index is -3.44. The number of ether oxygens (including phenoxy) is 1. The van der Waals surface area contributed by atoms with Crippen LogP contribution in [-0.2, 0) is 14.8 Å². The van der Waals surface area contributed by atoms with E-state index in [1.54, 1.807) is 0 Å². The van der Waals surface area contributed by atoms with Gasteiger partial charge in [-0.25, -0.2) is 13.6 Å². The van der Waals surface area contributed by atoms with Crippen LogP contribution in [-0.4, -0.2) is 39.0 Å². The molecule has 0 aliphatic carbocycles.